The van der Waals surface area contributed by atoms with Crippen LogP contribution >= 0.6 is 0 Å². The number of carbonyl (C=O) groups is 2. The molecule has 2 aliphatic rings. The molecule has 0 atom stereocenters. The summed E-state index contributed by atoms with van der Waals surface area (Å²) in [6.45, 7) is 5.64. The van der Waals surface area contributed by atoms with E-state index in [4.69, 9.17) is 4.52 Å². The standard InChI is InChI=1S/C27H28F2N8O4/c1-15-19(28)11-18(24-32-26(41-33-24)16-13-36(14-16)27(39)40-3)22(29)23(15)31-25(38)20-12-30-21-10-17(4-5-37(20)21)35-8-6-34(2)7-9-35/h4-5,10-12,16H,6-9,13-14H2,1-3H3,(H,31,38). The molecule has 0 radical (unpaired) electrons. The van der Waals surface area contributed by atoms with Gasteiger partial charge in [-0.1, -0.05) is 5.16 Å². The molecule has 0 spiro atoms. The van der Waals surface area contributed by atoms with Crippen molar-refractivity contribution in [2.45, 2.75) is 12.8 Å². The van der Waals surface area contributed by atoms with Crippen LogP contribution in [0.3, 0.4) is 0 Å². The summed E-state index contributed by atoms with van der Waals surface area (Å²) in [6.07, 6.45) is 2.66. The van der Waals surface area contributed by atoms with Gasteiger partial charge in [0.2, 0.25) is 11.7 Å². The fraction of sp³-hybridized carbons (Fsp3) is 0.370. The number of ether oxygens (including phenoxy) is 1. The number of nitrogens with zero attached hydrogens (tertiary/aromatic N) is 7. The number of fused-ring (bicyclic) bond motifs is 1. The highest BCUT2D eigenvalue weighted by atomic mass is 19.1. The molecular weight excluding hydrogens is 538 g/mol. The molecule has 4 aromatic rings. The van der Waals surface area contributed by atoms with Crippen LogP contribution in [0.4, 0.5) is 25.0 Å². The SMILES string of the molecule is COC(=O)N1CC(c2nc(-c3cc(F)c(C)c(NC(=O)c4cnc5cc(N6CCN(C)CC6)ccn45)c3F)no2)C1. The number of hydrogen-bond donors (Lipinski definition) is 1. The third-order valence-corrected chi connectivity index (χ3v) is 7.64. The predicted molar refractivity (Wildman–Crippen MR) is 144 cm³/mol. The fourth-order valence-electron chi connectivity index (χ4n) is 5.03. The Bertz CT molecular complexity index is 1640. The van der Waals surface area contributed by atoms with Crippen molar-refractivity contribution < 1.29 is 27.6 Å². The summed E-state index contributed by atoms with van der Waals surface area (Å²) in [7, 11) is 3.37. The largest absolute Gasteiger partial charge is 0.453 e. The molecule has 214 valence electrons. The summed E-state index contributed by atoms with van der Waals surface area (Å²) < 4.78 is 42.2. The Hall–Kier alpha value is -4.59. The molecule has 2 saturated heterocycles. The van der Waals surface area contributed by atoms with Crippen LogP contribution in [-0.4, -0.2) is 94.8 Å². The summed E-state index contributed by atoms with van der Waals surface area (Å²) in [5, 5.41) is 6.32. The molecular formula is C27H28F2N8O4. The Morgan fingerprint density at radius 2 is 1.90 bits per heavy atom. The maximum atomic E-state index is 15.7. The zero-order valence-corrected chi connectivity index (χ0v) is 22.7. The molecule has 0 saturated carbocycles. The van der Waals surface area contributed by atoms with Crippen molar-refractivity contribution in [3.63, 3.8) is 0 Å². The lowest BCUT2D eigenvalue weighted by Crippen LogP contribution is -2.48. The van der Waals surface area contributed by atoms with Gasteiger partial charge in [0, 0.05) is 62.8 Å². The van der Waals surface area contributed by atoms with Gasteiger partial charge in [-0.2, -0.15) is 4.98 Å². The van der Waals surface area contributed by atoms with Gasteiger partial charge >= 0.3 is 6.09 Å². The summed E-state index contributed by atoms with van der Waals surface area (Å²) in [5.41, 5.74) is 1.04. The monoisotopic (exact) mass is 566 g/mol. The first-order valence-electron chi connectivity index (χ1n) is 13.1. The molecule has 2 aliphatic heterocycles. The molecule has 1 N–H and O–H groups in total. The summed E-state index contributed by atoms with van der Waals surface area (Å²) in [4.78, 5) is 39.4. The minimum absolute atomic E-state index is 0.0813. The van der Waals surface area contributed by atoms with E-state index in [1.165, 1.54) is 25.1 Å². The summed E-state index contributed by atoms with van der Waals surface area (Å²) in [6, 6.07) is 4.77. The number of anilines is 2. The third-order valence-electron chi connectivity index (χ3n) is 7.64. The van der Waals surface area contributed by atoms with E-state index >= 15 is 4.39 Å². The molecule has 1 aromatic carbocycles. The quantitative estimate of drug-likeness (QED) is 0.388. The summed E-state index contributed by atoms with van der Waals surface area (Å²) >= 11 is 0. The zero-order valence-electron chi connectivity index (χ0n) is 22.7. The van der Waals surface area contributed by atoms with Crippen molar-refractivity contribution >= 4 is 29.0 Å². The molecule has 14 heteroatoms. The molecule has 2 amide bonds. The van der Waals surface area contributed by atoms with Crippen molar-refractivity contribution in [2.24, 2.45) is 0 Å². The van der Waals surface area contributed by atoms with Gasteiger partial charge in [-0.15, -0.1) is 0 Å². The van der Waals surface area contributed by atoms with Gasteiger partial charge in [-0.3, -0.25) is 9.20 Å². The fourth-order valence-corrected chi connectivity index (χ4v) is 5.03. The second-order valence-electron chi connectivity index (χ2n) is 10.2. The maximum absolute atomic E-state index is 15.7. The lowest BCUT2D eigenvalue weighted by Gasteiger charge is -2.35. The number of rotatable bonds is 5. The van der Waals surface area contributed by atoms with Gasteiger partial charge in [0.25, 0.3) is 5.91 Å². The third kappa shape index (κ3) is 4.84. The van der Waals surface area contributed by atoms with E-state index in [9.17, 15) is 14.0 Å². The number of likely N-dealkylation sites (N-methyl/N-ethyl adjacent to an activating group) is 1. The lowest BCUT2D eigenvalue weighted by atomic mass is 10.0. The number of likely N-dealkylation sites (tertiary alicyclic amines) is 1. The second kappa shape index (κ2) is 10.4. The Morgan fingerprint density at radius 1 is 1.15 bits per heavy atom. The highest BCUT2D eigenvalue weighted by Crippen LogP contribution is 2.33. The lowest BCUT2D eigenvalue weighted by molar-refractivity contribution is 0.0804. The molecule has 41 heavy (non-hydrogen) atoms. The van der Waals surface area contributed by atoms with Gasteiger partial charge in [0.1, 0.15) is 17.2 Å². The first kappa shape index (κ1) is 26.6. The molecule has 0 bridgehead atoms. The first-order chi connectivity index (χ1) is 19.7. The Balaban J connectivity index is 1.23. The number of piperazine rings is 1. The predicted octanol–water partition coefficient (Wildman–Crippen LogP) is 3.14. The van der Waals surface area contributed by atoms with Crippen LogP contribution in [-0.2, 0) is 4.74 Å². The topological polar surface area (TPSA) is 121 Å². The van der Waals surface area contributed by atoms with Crippen molar-refractivity contribution in [1.82, 2.24) is 29.3 Å². The zero-order chi connectivity index (χ0) is 28.8. The molecule has 0 aliphatic carbocycles. The molecule has 3 aromatic heterocycles. The number of benzene rings is 1. The number of methoxy groups -OCH3 is 1. The van der Waals surface area contributed by atoms with E-state index in [0.717, 1.165) is 37.9 Å². The number of carbonyl (C=O) groups excluding carboxylic acids is 2. The normalized spacial score (nSPS) is 16.2. The number of hydrogen-bond acceptors (Lipinski definition) is 9. The number of imidazole rings is 1. The number of halogens is 2. The second-order valence-corrected chi connectivity index (χ2v) is 10.2. The van der Waals surface area contributed by atoms with Gasteiger partial charge in [0.05, 0.1) is 30.5 Å². The number of aromatic nitrogens is 4. The van der Waals surface area contributed by atoms with E-state index in [1.54, 1.807) is 10.6 Å². The van der Waals surface area contributed by atoms with Crippen LogP contribution in [0.25, 0.3) is 17.0 Å². The van der Waals surface area contributed by atoms with Gasteiger partial charge in [0.15, 0.2) is 5.82 Å². The first-order valence-corrected chi connectivity index (χ1v) is 13.1. The van der Waals surface area contributed by atoms with Crippen molar-refractivity contribution in [3.8, 4) is 11.4 Å². The highest BCUT2D eigenvalue weighted by molar-refractivity contribution is 6.04. The van der Waals surface area contributed by atoms with E-state index < -0.39 is 23.6 Å². The van der Waals surface area contributed by atoms with Gasteiger partial charge < -0.3 is 29.3 Å². The Morgan fingerprint density at radius 3 is 2.63 bits per heavy atom. The minimum Gasteiger partial charge on any atom is -0.453 e. The Kier molecular flexibility index (Phi) is 6.77. The van der Waals surface area contributed by atoms with Crippen LogP contribution in [0.2, 0.25) is 0 Å². The molecule has 5 heterocycles. The van der Waals surface area contributed by atoms with E-state index in [-0.39, 0.29) is 40.1 Å². The molecule has 2 fully saturated rings. The smallest absolute Gasteiger partial charge is 0.409 e. The maximum Gasteiger partial charge on any atom is 0.409 e. The minimum atomic E-state index is -0.902. The van der Waals surface area contributed by atoms with Crippen LogP contribution in [0.15, 0.2) is 35.1 Å². The van der Waals surface area contributed by atoms with Crippen molar-refractivity contribution in [3.05, 3.63) is 59.4 Å². The molecule has 0 unspecified atom stereocenters. The summed E-state index contributed by atoms with van der Waals surface area (Å²) in [5.74, 6) is -2.55. The molecule has 12 nitrogen and oxygen atoms in total. The van der Waals surface area contributed by atoms with Crippen molar-refractivity contribution in [2.75, 3.05) is 63.6 Å². The van der Waals surface area contributed by atoms with Crippen LogP contribution in [0, 0.1) is 18.6 Å². The van der Waals surface area contributed by atoms with Gasteiger partial charge in [-0.05, 0) is 26.1 Å². The van der Waals surface area contributed by atoms with E-state index in [1.807, 2.05) is 12.1 Å². The van der Waals surface area contributed by atoms with Crippen LogP contribution in [0.5, 0.6) is 0 Å². The van der Waals surface area contributed by atoms with Crippen LogP contribution in [0.1, 0.15) is 27.9 Å². The highest BCUT2D eigenvalue weighted by Gasteiger charge is 2.36. The Labute approximate surface area is 233 Å². The molecule has 6 rings (SSSR count). The average molecular weight is 567 g/mol. The van der Waals surface area contributed by atoms with Crippen molar-refractivity contribution in [1.29, 1.82) is 0 Å². The average Bonchev–Trinajstić information content (AvgIpc) is 3.60. The number of amides is 2. The van der Waals surface area contributed by atoms with E-state index in [2.05, 4.69) is 42.0 Å². The number of pyridine rings is 1. The number of nitrogens with one attached hydrogen (secondary N) is 1. The van der Waals surface area contributed by atoms with Crippen LogP contribution < -0.4 is 10.2 Å². The van der Waals surface area contributed by atoms with Gasteiger partial charge in [-0.25, -0.2) is 18.6 Å². The van der Waals surface area contributed by atoms with E-state index in [0.29, 0.717) is 18.7 Å².